The van der Waals surface area contributed by atoms with Gasteiger partial charge in [-0.15, -0.1) is 0 Å². The van der Waals surface area contributed by atoms with E-state index in [1.54, 1.807) is 7.11 Å². The zero-order valence-electron chi connectivity index (χ0n) is 11.3. The van der Waals surface area contributed by atoms with Crippen LogP contribution in [0.15, 0.2) is 0 Å². The molecule has 4 unspecified atom stereocenters. The maximum absolute atomic E-state index is 9.96. The molecule has 17 heavy (non-hydrogen) atoms. The van der Waals surface area contributed by atoms with Gasteiger partial charge in [0.2, 0.25) is 0 Å². The largest absolute Gasteiger partial charge is 0.393 e. The SMILES string of the molecule is COCC(O)CN(C)CC1CC(C)CCC1O. The smallest absolute Gasteiger partial charge is 0.0899 e. The fraction of sp³-hybridized carbons (Fsp3) is 1.00. The first-order chi connectivity index (χ1) is 8.02. The fourth-order valence-corrected chi connectivity index (χ4v) is 2.76. The molecule has 4 atom stereocenters. The van der Waals surface area contributed by atoms with Gasteiger partial charge in [-0.3, -0.25) is 0 Å². The van der Waals surface area contributed by atoms with Crippen LogP contribution in [0.3, 0.4) is 0 Å². The molecule has 0 aromatic carbocycles. The number of hydrogen-bond acceptors (Lipinski definition) is 4. The van der Waals surface area contributed by atoms with Crippen LogP contribution in [0.4, 0.5) is 0 Å². The molecule has 1 saturated carbocycles. The molecule has 4 heteroatoms. The van der Waals surface area contributed by atoms with Crippen LogP contribution in [0, 0.1) is 11.8 Å². The molecule has 0 amide bonds. The van der Waals surface area contributed by atoms with Crippen molar-refractivity contribution in [2.75, 3.05) is 33.9 Å². The molecule has 2 N–H and O–H groups in total. The molecule has 1 aliphatic carbocycles. The van der Waals surface area contributed by atoms with Gasteiger partial charge in [0.15, 0.2) is 0 Å². The van der Waals surface area contributed by atoms with Gasteiger partial charge in [0.25, 0.3) is 0 Å². The summed E-state index contributed by atoms with van der Waals surface area (Å²) in [6.45, 7) is 4.07. The van der Waals surface area contributed by atoms with Crippen molar-refractivity contribution < 1.29 is 14.9 Å². The van der Waals surface area contributed by atoms with Gasteiger partial charge in [0, 0.05) is 20.2 Å². The van der Waals surface area contributed by atoms with Crippen LogP contribution in [0.1, 0.15) is 26.2 Å². The molecule has 1 fully saturated rings. The number of hydrogen-bond donors (Lipinski definition) is 2. The fourth-order valence-electron chi connectivity index (χ4n) is 2.76. The Kier molecular flexibility index (Phi) is 6.41. The third-order valence-electron chi connectivity index (χ3n) is 3.63. The lowest BCUT2D eigenvalue weighted by molar-refractivity contribution is 0.0119. The molecule has 1 aliphatic rings. The lowest BCUT2D eigenvalue weighted by atomic mass is 9.80. The first-order valence-electron chi connectivity index (χ1n) is 6.56. The topological polar surface area (TPSA) is 52.9 Å². The van der Waals surface area contributed by atoms with Crippen molar-refractivity contribution >= 4 is 0 Å². The Bertz CT molecular complexity index is 213. The van der Waals surface area contributed by atoms with E-state index < -0.39 is 6.10 Å². The molecule has 0 bridgehead atoms. The zero-order valence-corrected chi connectivity index (χ0v) is 11.3. The molecular formula is C13H27NO3. The molecule has 0 aliphatic heterocycles. The van der Waals surface area contributed by atoms with E-state index in [9.17, 15) is 10.2 Å². The zero-order chi connectivity index (χ0) is 12.8. The van der Waals surface area contributed by atoms with Crippen molar-refractivity contribution in [1.29, 1.82) is 0 Å². The van der Waals surface area contributed by atoms with E-state index in [0.29, 0.717) is 25.0 Å². The van der Waals surface area contributed by atoms with Crippen LogP contribution in [0.2, 0.25) is 0 Å². The summed E-state index contributed by atoms with van der Waals surface area (Å²) in [7, 11) is 3.58. The number of methoxy groups -OCH3 is 1. The number of nitrogens with zero attached hydrogens (tertiary/aromatic N) is 1. The number of likely N-dealkylation sites (N-methyl/N-ethyl adjacent to an activating group) is 1. The highest BCUT2D eigenvalue weighted by atomic mass is 16.5. The van der Waals surface area contributed by atoms with E-state index in [1.165, 1.54) is 0 Å². The Balaban J connectivity index is 2.31. The summed E-state index contributed by atoms with van der Waals surface area (Å²) < 4.78 is 4.91. The van der Waals surface area contributed by atoms with Crippen LogP contribution in [-0.4, -0.2) is 61.2 Å². The second-order valence-electron chi connectivity index (χ2n) is 5.58. The summed E-state index contributed by atoms with van der Waals surface area (Å²) >= 11 is 0. The van der Waals surface area contributed by atoms with Gasteiger partial charge in [-0.1, -0.05) is 6.92 Å². The lowest BCUT2D eigenvalue weighted by Crippen LogP contribution is -2.40. The van der Waals surface area contributed by atoms with Gasteiger partial charge in [0.05, 0.1) is 18.8 Å². The highest BCUT2D eigenvalue weighted by Crippen LogP contribution is 2.29. The molecule has 0 radical (unpaired) electrons. The third-order valence-corrected chi connectivity index (χ3v) is 3.63. The van der Waals surface area contributed by atoms with Gasteiger partial charge in [-0.2, -0.15) is 0 Å². The van der Waals surface area contributed by atoms with Crippen LogP contribution in [0.5, 0.6) is 0 Å². The first-order valence-corrected chi connectivity index (χ1v) is 6.56. The van der Waals surface area contributed by atoms with Crippen molar-refractivity contribution in [3.63, 3.8) is 0 Å². The minimum Gasteiger partial charge on any atom is -0.393 e. The maximum atomic E-state index is 9.96. The highest BCUT2D eigenvalue weighted by Gasteiger charge is 2.28. The number of aliphatic hydroxyl groups is 2. The number of ether oxygens (including phenoxy) is 1. The van der Waals surface area contributed by atoms with Crippen LogP contribution >= 0.6 is 0 Å². The Morgan fingerprint density at radius 3 is 2.76 bits per heavy atom. The maximum Gasteiger partial charge on any atom is 0.0899 e. The second-order valence-corrected chi connectivity index (χ2v) is 5.58. The van der Waals surface area contributed by atoms with Crippen molar-refractivity contribution in [3.8, 4) is 0 Å². The predicted molar refractivity (Wildman–Crippen MR) is 67.9 cm³/mol. The average molecular weight is 245 g/mol. The first kappa shape index (κ1) is 14.9. The monoisotopic (exact) mass is 245 g/mol. The van der Waals surface area contributed by atoms with Crippen LogP contribution < -0.4 is 0 Å². The van der Waals surface area contributed by atoms with E-state index in [0.717, 1.165) is 25.8 Å². The van der Waals surface area contributed by atoms with E-state index >= 15 is 0 Å². The Hall–Kier alpha value is -0.160. The summed E-state index contributed by atoms with van der Waals surface area (Å²) in [5.74, 6) is 1.05. The molecule has 0 heterocycles. The minimum atomic E-state index is -0.442. The second kappa shape index (κ2) is 7.31. The Labute approximate surface area is 105 Å². The number of aliphatic hydroxyl groups excluding tert-OH is 2. The molecule has 1 rings (SSSR count). The molecule has 0 saturated heterocycles. The Morgan fingerprint density at radius 2 is 2.12 bits per heavy atom. The van der Waals surface area contributed by atoms with Gasteiger partial charge < -0.3 is 19.8 Å². The summed E-state index contributed by atoms with van der Waals surface area (Å²) in [6.07, 6.45) is 2.52. The normalized spacial score (nSPS) is 31.8. The summed E-state index contributed by atoms with van der Waals surface area (Å²) in [4.78, 5) is 2.09. The van der Waals surface area contributed by atoms with E-state index in [4.69, 9.17) is 4.74 Å². The van der Waals surface area contributed by atoms with Gasteiger partial charge >= 0.3 is 0 Å². The highest BCUT2D eigenvalue weighted by molar-refractivity contribution is 4.80. The standard InChI is InChI=1S/C13H27NO3/c1-10-4-5-13(16)11(6-10)7-14(2)8-12(15)9-17-3/h10-13,15-16H,4-9H2,1-3H3. The van der Waals surface area contributed by atoms with Crippen LogP contribution in [0.25, 0.3) is 0 Å². The quantitative estimate of drug-likeness (QED) is 0.724. The van der Waals surface area contributed by atoms with Crippen molar-refractivity contribution in [2.45, 2.75) is 38.4 Å². The predicted octanol–water partition coefficient (Wildman–Crippen LogP) is 0.723. The number of rotatable bonds is 6. The Morgan fingerprint density at radius 1 is 1.41 bits per heavy atom. The molecule has 0 aromatic rings. The lowest BCUT2D eigenvalue weighted by Gasteiger charge is -2.34. The third kappa shape index (κ3) is 5.34. The van der Waals surface area contributed by atoms with Gasteiger partial charge in [0.1, 0.15) is 0 Å². The summed E-state index contributed by atoms with van der Waals surface area (Å²) in [5.41, 5.74) is 0. The molecule has 102 valence electrons. The van der Waals surface area contributed by atoms with Gasteiger partial charge in [-0.25, -0.2) is 0 Å². The molecular weight excluding hydrogens is 218 g/mol. The van der Waals surface area contributed by atoms with E-state index in [2.05, 4.69) is 11.8 Å². The van der Waals surface area contributed by atoms with Crippen LogP contribution in [-0.2, 0) is 4.74 Å². The molecule has 4 nitrogen and oxygen atoms in total. The summed E-state index contributed by atoms with van der Waals surface area (Å²) in [5, 5.41) is 19.6. The van der Waals surface area contributed by atoms with Crippen molar-refractivity contribution in [3.05, 3.63) is 0 Å². The van der Waals surface area contributed by atoms with Gasteiger partial charge in [-0.05, 0) is 38.1 Å². The van der Waals surface area contributed by atoms with E-state index in [-0.39, 0.29) is 6.10 Å². The molecule has 0 aromatic heterocycles. The summed E-state index contributed by atoms with van der Waals surface area (Å²) in [6, 6.07) is 0. The van der Waals surface area contributed by atoms with Crippen molar-refractivity contribution in [2.24, 2.45) is 11.8 Å². The minimum absolute atomic E-state index is 0.173. The molecule has 0 spiro atoms. The van der Waals surface area contributed by atoms with Crippen molar-refractivity contribution in [1.82, 2.24) is 4.90 Å². The average Bonchev–Trinajstić information content (AvgIpc) is 2.23. The van der Waals surface area contributed by atoms with E-state index in [1.807, 2.05) is 7.05 Å².